The van der Waals surface area contributed by atoms with E-state index in [1.165, 1.54) is 54.6 Å². The molecule has 0 heterocycles. The number of benzene rings is 5. The highest BCUT2D eigenvalue weighted by Crippen LogP contribution is 2.55. The Labute approximate surface area is 200 Å². The van der Waals surface area contributed by atoms with E-state index >= 15 is 0 Å². The molecule has 170 valence electrons. The summed E-state index contributed by atoms with van der Waals surface area (Å²) in [5.41, 5.74) is 5.73. The number of fused-ring (bicyclic) bond motifs is 9. The van der Waals surface area contributed by atoms with Crippen LogP contribution in [0.4, 0.5) is 0 Å². The molecule has 6 rings (SSSR count). The summed E-state index contributed by atoms with van der Waals surface area (Å²) in [6.45, 7) is 16.8. The van der Waals surface area contributed by atoms with Crippen molar-refractivity contribution in [1.29, 1.82) is 0 Å². The molecule has 0 aliphatic heterocycles. The minimum Gasteiger partial charge on any atom is -0.0683 e. The van der Waals surface area contributed by atoms with Crippen molar-refractivity contribution in [2.24, 2.45) is 0 Å². The van der Waals surface area contributed by atoms with Crippen LogP contribution >= 0.6 is 0 Å². The van der Waals surface area contributed by atoms with E-state index in [-0.39, 0.29) is 5.41 Å². The van der Waals surface area contributed by atoms with E-state index in [0.717, 1.165) is 0 Å². The predicted octanol–water partition coefficient (Wildman–Crippen LogP) is 10.5. The molecule has 0 bridgehead atoms. The molecule has 0 spiro atoms. The monoisotopic (exact) mass is 434 g/mol. The number of hydrogen-bond acceptors (Lipinski definition) is 0. The van der Waals surface area contributed by atoms with Crippen molar-refractivity contribution in [3.8, 4) is 11.1 Å². The molecule has 0 radical (unpaired) electrons. The Hall–Kier alpha value is -3.12. The fourth-order valence-electron chi connectivity index (χ4n) is 5.17. The molecule has 1 aliphatic rings. The van der Waals surface area contributed by atoms with Gasteiger partial charge in [-0.3, -0.25) is 0 Å². The van der Waals surface area contributed by atoms with Gasteiger partial charge in [-0.1, -0.05) is 128 Å². The largest absolute Gasteiger partial charge is 0.0683 e. The molecule has 5 aromatic carbocycles. The Balaban J connectivity index is 0.000000475. The summed E-state index contributed by atoms with van der Waals surface area (Å²) in [6.07, 6.45) is 0. The predicted molar refractivity (Wildman–Crippen MR) is 151 cm³/mol. The van der Waals surface area contributed by atoms with Crippen LogP contribution in [0.15, 0.2) is 84.9 Å². The van der Waals surface area contributed by atoms with Gasteiger partial charge in [0, 0.05) is 5.41 Å². The van der Waals surface area contributed by atoms with Crippen LogP contribution in [0.5, 0.6) is 0 Å². The molecular formula is C33H38. The summed E-state index contributed by atoms with van der Waals surface area (Å²) in [4.78, 5) is 0. The minimum atomic E-state index is -0.0155. The molecule has 0 amide bonds. The minimum absolute atomic E-state index is 0.0155. The van der Waals surface area contributed by atoms with E-state index in [0.29, 0.717) is 0 Å². The summed E-state index contributed by atoms with van der Waals surface area (Å²) in [7, 11) is 0. The molecule has 0 atom stereocenters. The smallest absolute Gasteiger partial charge is 0.0165 e. The van der Waals surface area contributed by atoms with Gasteiger partial charge < -0.3 is 0 Å². The number of hydrogen-bond donors (Lipinski definition) is 0. The van der Waals surface area contributed by atoms with Gasteiger partial charge in [0.05, 0.1) is 0 Å². The van der Waals surface area contributed by atoms with Crippen molar-refractivity contribution < 1.29 is 0 Å². The molecule has 0 fully saturated rings. The lowest BCUT2D eigenvalue weighted by molar-refractivity contribution is 0.667. The SMILES string of the molecule is CC.CC.CC.CC1(C)c2cc3ccccc3cc2-c2c1c1ccccc1c1ccccc21. The van der Waals surface area contributed by atoms with Gasteiger partial charge in [0.25, 0.3) is 0 Å². The third-order valence-corrected chi connectivity index (χ3v) is 6.39. The lowest BCUT2D eigenvalue weighted by Crippen LogP contribution is -2.15. The van der Waals surface area contributed by atoms with Gasteiger partial charge in [0.2, 0.25) is 0 Å². The van der Waals surface area contributed by atoms with Gasteiger partial charge in [-0.05, 0) is 66.7 Å². The average Bonchev–Trinajstić information content (AvgIpc) is 3.13. The zero-order valence-corrected chi connectivity index (χ0v) is 21.6. The van der Waals surface area contributed by atoms with E-state index in [2.05, 4.69) is 98.8 Å². The Morgan fingerprint density at radius 1 is 0.485 bits per heavy atom. The maximum Gasteiger partial charge on any atom is 0.0165 e. The van der Waals surface area contributed by atoms with Gasteiger partial charge in [0.15, 0.2) is 0 Å². The van der Waals surface area contributed by atoms with Crippen LogP contribution in [0, 0.1) is 0 Å². The first kappa shape index (κ1) is 24.5. The molecule has 0 aromatic heterocycles. The van der Waals surface area contributed by atoms with E-state index in [9.17, 15) is 0 Å². The molecular weight excluding hydrogens is 396 g/mol. The molecule has 0 unspecified atom stereocenters. The highest BCUT2D eigenvalue weighted by Gasteiger charge is 2.38. The van der Waals surface area contributed by atoms with Gasteiger partial charge >= 0.3 is 0 Å². The quantitative estimate of drug-likeness (QED) is 0.213. The van der Waals surface area contributed by atoms with Gasteiger partial charge in [-0.15, -0.1) is 0 Å². The zero-order valence-electron chi connectivity index (χ0n) is 21.6. The molecule has 0 saturated carbocycles. The van der Waals surface area contributed by atoms with Crippen LogP contribution in [0.25, 0.3) is 43.4 Å². The second kappa shape index (κ2) is 10.2. The Bertz CT molecular complexity index is 1390. The maximum atomic E-state index is 2.41. The molecule has 0 nitrogen and oxygen atoms in total. The fraction of sp³-hybridized carbons (Fsp3) is 0.273. The Kier molecular flexibility index (Phi) is 7.59. The van der Waals surface area contributed by atoms with Crippen molar-refractivity contribution >= 4 is 32.3 Å². The van der Waals surface area contributed by atoms with Gasteiger partial charge in [-0.25, -0.2) is 0 Å². The van der Waals surface area contributed by atoms with Crippen molar-refractivity contribution in [3.05, 3.63) is 96.1 Å². The van der Waals surface area contributed by atoms with Crippen molar-refractivity contribution in [2.45, 2.75) is 60.8 Å². The summed E-state index contributed by atoms with van der Waals surface area (Å²) < 4.78 is 0. The highest BCUT2D eigenvalue weighted by molar-refractivity contribution is 6.18. The normalized spacial score (nSPS) is 12.5. The van der Waals surface area contributed by atoms with Crippen molar-refractivity contribution in [2.75, 3.05) is 0 Å². The lowest BCUT2D eigenvalue weighted by Gasteiger charge is -2.24. The average molecular weight is 435 g/mol. The second-order valence-electron chi connectivity index (χ2n) is 8.21. The molecule has 0 saturated heterocycles. The summed E-state index contributed by atoms with van der Waals surface area (Å²) >= 11 is 0. The maximum absolute atomic E-state index is 2.41. The van der Waals surface area contributed by atoms with E-state index < -0.39 is 0 Å². The highest BCUT2D eigenvalue weighted by atomic mass is 14.4. The number of rotatable bonds is 0. The van der Waals surface area contributed by atoms with Crippen molar-refractivity contribution in [3.63, 3.8) is 0 Å². The standard InChI is InChI=1S/C27H20.3C2H6/c1-27(2)24-16-18-10-4-3-9-17(18)15-23(24)25-21-13-7-5-11-19(21)20-12-6-8-14-22(20)26(25)27;3*1-2/h3-16H,1-2H3;3*1-2H3. The lowest BCUT2D eigenvalue weighted by atomic mass is 9.79. The van der Waals surface area contributed by atoms with E-state index in [1.807, 2.05) is 41.5 Å². The van der Waals surface area contributed by atoms with Crippen LogP contribution < -0.4 is 0 Å². The summed E-state index contributed by atoms with van der Waals surface area (Å²) in [5, 5.41) is 8.11. The van der Waals surface area contributed by atoms with Crippen LogP contribution in [0.1, 0.15) is 66.5 Å². The third-order valence-electron chi connectivity index (χ3n) is 6.39. The molecule has 0 heteroatoms. The Morgan fingerprint density at radius 2 is 0.909 bits per heavy atom. The molecule has 0 N–H and O–H groups in total. The van der Waals surface area contributed by atoms with Crippen LogP contribution in [0.2, 0.25) is 0 Å². The summed E-state index contributed by atoms with van der Waals surface area (Å²) in [6, 6.07) is 31.3. The topological polar surface area (TPSA) is 0 Å². The summed E-state index contributed by atoms with van der Waals surface area (Å²) in [5.74, 6) is 0. The molecule has 1 aliphatic carbocycles. The first-order chi connectivity index (χ1) is 16.2. The van der Waals surface area contributed by atoms with E-state index in [1.54, 1.807) is 0 Å². The van der Waals surface area contributed by atoms with Crippen LogP contribution in [-0.2, 0) is 5.41 Å². The third kappa shape index (κ3) is 3.82. The van der Waals surface area contributed by atoms with Crippen LogP contribution in [0.3, 0.4) is 0 Å². The molecule has 5 aromatic rings. The first-order valence-corrected chi connectivity index (χ1v) is 12.6. The Morgan fingerprint density at radius 3 is 1.48 bits per heavy atom. The van der Waals surface area contributed by atoms with Gasteiger partial charge in [-0.2, -0.15) is 0 Å². The zero-order chi connectivity index (χ0) is 24.2. The second-order valence-corrected chi connectivity index (χ2v) is 8.21. The van der Waals surface area contributed by atoms with Crippen LogP contribution in [-0.4, -0.2) is 0 Å². The fourth-order valence-corrected chi connectivity index (χ4v) is 5.17. The molecule has 33 heavy (non-hydrogen) atoms. The van der Waals surface area contributed by atoms with E-state index in [4.69, 9.17) is 0 Å². The first-order valence-electron chi connectivity index (χ1n) is 12.6. The van der Waals surface area contributed by atoms with Crippen molar-refractivity contribution in [1.82, 2.24) is 0 Å². The van der Waals surface area contributed by atoms with Gasteiger partial charge in [0.1, 0.15) is 0 Å².